The van der Waals surface area contributed by atoms with Crippen molar-refractivity contribution in [1.29, 1.82) is 0 Å². The zero-order chi connectivity index (χ0) is 18.5. The molecule has 0 fully saturated rings. The molecule has 0 N–H and O–H groups in total. The maximum absolute atomic E-state index is 12.2. The van der Waals surface area contributed by atoms with Crippen LogP contribution in [0.25, 0.3) is 10.9 Å². The Morgan fingerprint density at radius 3 is 2.54 bits per heavy atom. The summed E-state index contributed by atoms with van der Waals surface area (Å²) in [6.45, 7) is 0.766. The number of nitrogens with zero attached hydrogens (tertiary/aromatic N) is 3. The largest absolute Gasteiger partial charge is 0.482 e. The van der Waals surface area contributed by atoms with Gasteiger partial charge in [-0.1, -0.05) is 17.3 Å². The summed E-state index contributed by atoms with van der Waals surface area (Å²) in [5.41, 5.74) is 0.621. The first kappa shape index (κ1) is 17.3. The Morgan fingerprint density at radius 1 is 1.08 bits per heavy atom. The number of ketones is 1. The van der Waals surface area contributed by atoms with E-state index in [-0.39, 0.29) is 19.1 Å². The first-order chi connectivity index (χ1) is 12.5. The Labute approximate surface area is 148 Å². The van der Waals surface area contributed by atoms with Crippen LogP contribution in [0.5, 0.6) is 5.75 Å². The number of Topliss-reactive ketones (excluding diaryl/α,β-unsaturated/α-hetero) is 1. The molecule has 0 spiro atoms. The molecule has 8 heteroatoms. The minimum Gasteiger partial charge on any atom is -0.482 e. The van der Waals surface area contributed by atoms with Crippen LogP contribution in [0, 0.1) is 0 Å². The Bertz CT molecular complexity index is 1010. The van der Waals surface area contributed by atoms with Gasteiger partial charge in [-0.3, -0.25) is 9.59 Å². The molecule has 0 unspecified atom stereocenters. The number of benzene rings is 2. The highest BCUT2D eigenvalue weighted by atomic mass is 16.6. The highest BCUT2D eigenvalue weighted by molar-refractivity contribution is 5.94. The van der Waals surface area contributed by atoms with Gasteiger partial charge in [-0.15, -0.1) is 5.10 Å². The van der Waals surface area contributed by atoms with Crippen molar-refractivity contribution in [1.82, 2.24) is 15.0 Å². The lowest BCUT2D eigenvalue weighted by molar-refractivity contribution is -0.150. The maximum atomic E-state index is 12.2. The van der Waals surface area contributed by atoms with E-state index in [1.165, 1.54) is 6.92 Å². The minimum atomic E-state index is -0.664. The summed E-state index contributed by atoms with van der Waals surface area (Å²) in [5.74, 6) is -0.296. The molecule has 0 aliphatic rings. The molecule has 0 radical (unpaired) electrons. The average molecular weight is 353 g/mol. The zero-order valence-corrected chi connectivity index (χ0v) is 13.9. The number of hydrogen-bond donors (Lipinski definition) is 0. The number of rotatable bonds is 6. The average Bonchev–Trinajstić information content (AvgIpc) is 2.66. The fraction of sp³-hybridized carbons (Fsp3) is 0.167. The molecule has 0 amide bonds. The van der Waals surface area contributed by atoms with Crippen molar-refractivity contribution in [3.05, 3.63) is 64.4 Å². The lowest BCUT2D eigenvalue weighted by Crippen LogP contribution is -2.27. The molecule has 0 saturated heterocycles. The molecule has 3 rings (SSSR count). The molecule has 2 aromatic carbocycles. The number of carbonyl (C=O) groups is 2. The van der Waals surface area contributed by atoms with Crippen molar-refractivity contribution in [2.45, 2.75) is 13.7 Å². The van der Waals surface area contributed by atoms with Gasteiger partial charge in [0.15, 0.2) is 19.1 Å². The number of ether oxygens (including phenoxy) is 2. The second-order valence-corrected chi connectivity index (χ2v) is 5.43. The first-order valence-electron chi connectivity index (χ1n) is 7.76. The lowest BCUT2D eigenvalue weighted by Gasteiger charge is -2.08. The molecule has 132 valence electrons. The van der Waals surface area contributed by atoms with Crippen LogP contribution in [-0.4, -0.2) is 33.4 Å². The Morgan fingerprint density at radius 2 is 1.81 bits per heavy atom. The predicted octanol–water partition coefficient (Wildman–Crippen LogP) is 1.57. The maximum Gasteiger partial charge on any atom is 0.345 e. The molecular formula is C18H15N3O5. The third-order valence-corrected chi connectivity index (χ3v) is 3.59. The van der Waals surface area contributed by atoms with E-state index in [9.17, 15) is 14.4 Å². The van der Waals surface area contributed by atoms with Crippen LogP contribution in [0.15, 0.2) is 53.3 Å². The molecular weight excluding hydrogens is 338 g/mol. The number of aromatic nitrogens is 3. The van der Waals surface area contributed by atoms with E-state index < -0.39 is 11.5 Å². The van der Waals surface area contributed by atoms with Gasteiger partial charge in [0.1, 0.15) is 11.3 Å². The van der Waals surface area contributed by atoms with E-state index in [0.29, 0.717) is 22.2 Å². The van der Waals surface area contributed by atoms with Crippen LogP contribution in [0.1, 0.15) is 17.3 Å². The molecule has 1 heterocycles. The third-order valence-electron chi connectivity index (χ3n) is 3.59. The van der Waals surface area contributed by atoms with Gasteiger partial charge in [0.2, 0.25) is 0 Å². The topological polar surface area (TPSA) is 100 Å². The summed E-state index contributed by atoms with van der Waals surface area (Å²) < 4.78 is 11.2. The van der Waals surface area contributed by atoms with E-state index >= 15 is 0 Å². The number of fused-ring (bicyclic) bond motifs is 1. The van der Waals surface area contributed by atoms with E-state index in [1.54, 1.807) is 48.5 Å². The Balaban J connectivity index is 1.56. The van der Waals surface area contributed by atoms with E-state index in [2.05, 4.69) is 10.3 Å². The molecule has 0 saturated carbocycles. The first-order valence-corrected chi connectivity index (χ1v) is 7.76. The second kappa shape index (κ2) is 7.56. The van der Waals surface area contributed by atoms with Crippen LogP contribution in [0.4, 0.5) is 0 Å². The van der Waals surface area contributed by atoms with Gasteiger partial charge >= 0.3 is 5.97 Å². The van der Waals surface area contributed by atoms with Crippen molar-refractivity contribution in [3.8, 4) is 5.75 Å². The van der Waals surface area contributed by atoms with E-state index in [1.807, 2.05) is 0 Å². The van der Waals surface area contributed by atoms with Crippen molar-refractivity contribution in [3.63, 3.8) is 0 Å². The van der Waals surface area contributed by atoms with Gasteiger partial charge in [-0.25, -0.2) is 4.79 Å². The van der Waals surface area contributed by atoms with Gasteiger partial charge in [-0.2, -0.15) is 4.68 Å². The summed E-state index contributed by atoms with van der Waals surface area (Å²) in [7, 11) is 0. The van der Waals surface area contributed by atoms with Crippen LogP contribution in [0.3, 0.4) is 0 Å². The van der Waals surface area contributed by atoms with Gasteiger partial charge < -0.3 is 9.47 Å². The van der Waals surface area contributed by atoms with Gasteiger partial charge in [0, 0.05) is 5.56 Å². The predicted molar refractivity (Wildman–Crippen MR) is 91.8 cm³/mol. The molecule has 0 aliphatic carbocycles. The lowest BCUT2D eigenvalue weighted by atomic mass is 10.1. The molecule has 3 aromatic rings. The fourth-order valence-corrected chi connectivity index (χ4v) is 2.21. The van der Waals surface area contributed by atoms with Gasteiger partial charge in [-0.05, 0) is 43.3 Å². The molecule has 0 atom stereocenters. The van der Waals surface area contributed by atoms with Crippen LogP contribution < -0.4 is 10.3 Å². The molecule has 8 nitrogen and oxygen atoms in total. The Kier molecular flexibility index (Phi) is 5.02. The van der Waals surface area contributed by atoms with Crippen molar-refractivity contribution < 1.29 is 19.1 Å². The van der Waals surface area contributed by atoms with E-state index in [4.69, 9.17) is 9.47 Å². The molecule has 26 heavy (non-hydrogen) atoms. The van der Waals surface area contributed by atoms with Crippen LogP contribution in [-0.2, 0) is 16.3 Å². The monoisotopic (exact) mass is 353 g/mol. The zero-order valence-electron chi connectivity index (χ0n) is 13.9. The quantitative estimate of drug-likeness (QED) is 0.490. The normalized spacial score (nSPS) is 10.5. The third kappa shape index (κ3) is 3.92. The molecule has 0 bridgehead atoms. The van der Waals surface area contributed by atoms with Gasteiger partial charge in [0.05, 0.1) is 5.39 Å². The summed E-state index contributed by atoms with van der Waals surface area (Å²) >= 11 is 0. The number of hydrogen-bond acceptors (Lipinski definition) is 7. The highest BCUT2D eigenvalue weighted by Crippen LogP contribution is 2.12. The fourth-order valence-electron chi connectivity index (χ4n) is 2.21. The van der Waals surface area contributed by atoms with Crippen molar-refractivity contribution >= 4 is 22.7 Å². The van der Waals surface area contributed by atoms with Crippen LogP contribution >= 0.6 is 0 Å². The molecule has 1 aromatic heterocycles. The van der Waals surface area contributed by atoms with Crippen molar-refractivity contribution in [2.24, 2.45) is 0 Å². The van der Waals surface area contributed by atoms with Crippen molar-refractivity contribution in [2.75, 3.05) is 6.61 Å². The SMILES string of the molecule is CC(=O)c1ccc(OCC(=O)OCn2nnc3ccccc3c2=O)cc1. The summed E-state index contributed by atoms with van der Waals surface area (Å²) in [6, 6.07) is 13.1. The highest BCUT2D eigenvalue weighted by Gasteiger charge is 2.09. The second-order valence-electron chi connectivity index (χ2n) is 5.43. The number of carbonyl (C=O) groups excluding carboxylic acids is 2. The summed E-state index contributed by atoms with van der Waals surface area (Å²) in [4.78, 5) is 35.2. The minimum absolute atomic E-state index is 0.0575. The number of esters is 1. The standard InChI is InChI=1S/C18H15N3O5/c1-12(22)13-6-8-14(9-7-13)25-10-17(23)26-11-21-18(24)15-4-2-3-5-16(15)19-20-21/h2-9H,10-11H2,1H3. The smallest absolute Gasteiger partial charge is 0.345 e. The van der Waals surface area contributed by atoms with Crippen LogP contribution in [0.2, 0.25) is 0 Å². The van der Waals surface area contributed by atoms with Gasteiger partial charge in [0.25, 0.3) is 5.56 Å². The summed E-state index contributed by atoms with van der Waals surface area (Å²) in [5, 5.41) is 8.02. The van der Waals surface area contributed by atoms with E-state index in [0.717, 1.165) is 4.68 Å². The summed E-state index contributed by atoms with van der Waals surface area (Å²) in [6.07, 6.45) is 0. The Hall–Kier alpha value is -3.55. The molecule has 0 aliphatic heterocycles.